The van der Waals surface area contributed by atoms with E-state index in [4.69, 9.17) is 14.5 Å². The van der Waals surface area contributed by atoms with E-state index < -0.39 is 5.60 Å². The molecule has 1 N–H and O–H groups in total. The highest BCUT2D eigenvalue weighted by molar-refractivity contribution is 5.86. The SMILES string of the molecule is COc1cccc([C@@]23CCN(CC4CC4)C[C@@]2(O)Cc2cc4c(OC)cccc4nc2C3)c1. The van der Waals surface area contributed by atoms with Gasteiger partial charge in [-0.1, -0.05) is 18.2 Å². The molecule has 0 bridgehead atoms. The van der Waals surface area contributed by atoms with Gasteiger partial charge < -0.3 is 19.5 Å². The van der Waals surface area contributed by atoms with Crippen LogP contribution in [0.25, 0.3) is 10.9 Å². The molecular weight excluding hydrogens is 412 g/mol. The summed E-state index contributed by atoms with van der Waals surface area (Å²) in [5.41, 5.74) is 3.10. The van der Waals surface area contributed by atoms with Gasteiger partial charge in [0.05, 0.1) is 25.3 Å². The molecule has 5 nitrogen and oxygen atoms in total. The highest BCUT2D eigenvalue weighted by Gasteiger charge is 2.57. The molecule has 3 aliphatic rings. The maximum absolute atomic E-state index is 12.5. The minimum absolute atomic E-state index is 0.381. The molecule has 1 aliphatic heterocycles. The van der Waals surface area contributed by atoms with Crippen LogP contribution in [0.4, 0.5) is 0 Å². The van der Waals surface area contributed by atoms with Crippen LogP contribution in [-0.4, -0.2) is 54.4 Å². The summed E-state index contributed by atoms with van der Waals surface area (Å²) in [4.78, 5) is 7.60. The van der Waals surface area contributed by atoms with Crippen LogP contribution in [0, 0.1) is 5.92 Å². The molecular formula is C28H32N2O3. The molecule has 5 heteroatoms. The van der Waals surface area contributed by atoms with Crippen LogP contribution in [0.1, 0.15) is 36.1 Å². The number of β-amino-alcohol motifs (C(OH)–C–C–N with tert-alkyl or cyclic N) is 1. The van der Waals surface area contributed by atoms with Crippen LogP contribution in [0.5, 0.6) is 11.5 Å². The lowest BCUT2D eigenvalue weighted by molar-refractivity contribution is -0.104. The molecule has 0 unspecified atom stereocenters. The van der Waals surface area contributed by atoms with E-state index in [2.05, 4.69) is 29.2 Å². The van der Waals surface area contributed by atoms with Gasteiger partial charge in [-0.15, -0.1) is 0 Å². The van der Waals surface area contributed by atoms with Gasteiger partial charge in [0, 0.05) is 42.4 Å². The zero-order chi connectivity index (χ0) is 22.6. The van der Waals surface area contributed by atoms with Gasteiger partial charge >= 0.3 is 0 Å². The normalized spacial score (nSPS) is 27.1. The Morgan fingerprint density at radius 1 is 1.06 bits per heavy atom. The molecule has 2 fully saturated rings. The standard InChI is InChI=1S/C28H32N2O3/c1-32-22-6-3-5-21(14-22)27-11-12-30(17-19-9-10-19)18-28(27,31)15-20-13-23-24(29-25(20)16-27)7-4-8-26(23)33-2/h3-8,13-14,19,31H,9-12,15-18H2,1-2H3/t27-,28-/m0/s1. The first kappa shape index (κ1) is 20.9. The second-order valence-corrected chi connectivity index (χ2v) is 10.2. The van der Waals surface area contributed by atoms with Crippen LogP contribution in [0.2, 0.25) is 0 Å². The molecule has 2 heterocycles. The summed E-state index contributed by atoms with van der Waals surface area (Å²) in [7, 11) is 3.41. The molecule has 1 saturated carbocycles. The fourth-order valence-electron chi connectivity index (χ4n) is 6.25. The number of likely N-dealkylation sites (tertiary alicyclic amines) is 1. The van der Waals surface area contributed by atoms with Crippen molar-refractivity contribution in [2.45, 2.75) is 43.1 Å². The van der Waals surface area contributed by atoms with Gasteiger partial charge in [-0.2, -0.15) is 0 Å². The molecule has 0 spiro atoms. The second kappa shape index (κ2) is 7.71. The van der Waals surface area contributed by atoms with E-state index in [-0.39, 0.29) is 5.41 Å². The smallest absolute Gasteiger partial charge is 0.128 e. The number of hydrogen-bond acceptors (Lipinski definition) is 5. The Balaban J connectivity index is 1.48. The van der Waals surface area contributed by atoms with E-state index in [0.29, 0.717) is 13.0 Å². The number of aromatic nitrogens is 1. The number of methoxy groups -OCH3 is 2. The lowest BCUT2D eigenvalue weighted by atomic mass is 9.56. The maximum Gasteiger partial charge on any atom is 0.128 e. The van der Waals surface area contributed by atoms with Crippen molar-refractivity contribution in [2.75, 3.05) is 33.9 Å². The van der Waals surface area contributed by atoms with Crippen molar-refractivity contribution in [3.63, 3.8) is 0 Å². The number of rotatable bonds is 5. The molecule has 1 aromatic heterocycles. The third-order valence-electron chi connectivity index (χ3n) is 8.23. The minimum atomic E-state index is -0.864. The lowest BCUT2D eigenvalue weighted by Gasteiger charge is -2.56. The maximum atomic E-state index is 12.5. The Morgan fingerprint density at radius 2 is 1.91 bits per heavy atom. The molecule has 6 rings (SSSR count). The summed E-state index contributed by atoms with van der Waals surface area (Å²) in [6.45, 7) is 2.81. The van der Waals surface area contributed by atoms with Crippen molar-refractivity contribution in [1.82, 2.24) is 9.88 Å². The van der Waals surface area contributed by atoms with Crippen molar-refractivity contribution in [1.29, 1.82) is 0 Å². The summed E-state index contributed by atoms with van der Waals surface area (Å²) >= 11 is 0. The number of pyridine rings is 1. The van der Waals surface area contributed by atoms with Gasteiger partial charge in [0.15, 0.2) is 0 Å². The largest absolute Gasteiger partial charge is 0.497 e. The first-order chi connectivity index (χ1) is 16.0. The minimum Gasteiger partial charge on any atom is -0.497 e. The molecule has 2 aromatic carbocycles. The number of ether oxygens (including phenoxy) is 2. The summed E-state index contributed by atoms with van der Waals surface area (Å²) < 4.78 is 11.2. The van der Waals surface area contributed by atoms with Gasteiger partial charge in [-0.3, -0.25) is 4.98 Å². The fourth-order valence-corrected chi connectivity index (χ4v) is 6.25. The average Bonchev–Trinajstić information content (AvgIpc) is 3.64. The zero-order valence-electron chi connectivity index (χ0n) is 19.5. The first-order valence-electron chi connectivity index (χ1n) is 12.1. The van der Waals surface area contributed by atoms with E-state index in [1.165, 1.54) is 12.8 Å². The molecule has 1 saturated heterocycles. The third kappa shape index (κ3) is 3.41. The molecule has 172 valence electrons. The highest BCUT2D eigenvalue weighted by atomic mass is 16.5. The number of fused-ring (bicyclic) bond motifs is 3. The molecule has 2 aliphatic carbocycles. The summed E-state index contributed by atoms with van der Waals surface area (Å²) in [6.07, 6.45) is 4.90. The van der Waals surface area contributed by atoms with Crippen molar-refractivity contribution in [3.05, 3.63) is 65.4 Å². The first-order valence-corrected chi connectivity index (χ1v) is 12.1. The second-order valence-electron chi connectivity index (χ2n) is 10.2. The van der Waals surface area contributed by atoms with Gasteiger partial charge in [0.25, 0.3) is 0 Å². The van der Waals surface area contributed by atoms with E-state index in [1.54, 1.807) is 14.2 Å². The Labute approximate surface area is 195 Å². The van der Waals surface area contributed by atoms with Crippen LogP contribution in [-0.2, 0) is 18.3 Å². The molecule has 0 radical (unpaired) electrons. The number of nitrogens with zero attached hydrogens (tertiary/aromatic N) is 2. The molecule has 2 atom stereocenters. The van der Waals surface area contributed by atoms with Crippen LogP contribution in [0.15, 0.2) is 48.5 Å². The summed E-state index contributed by atoms with van der Waals surface area (Å²) in [6, 6.07) is 16.5. The van der Waals surface area contributed by atoms with Crippen molar-refractivity contribution < 1.29 is 14.6 Å². The number of piperidine rings is 1. The summed E-state index contributed by atoms with van der Waals surface area (Å²) in [5, 5.41) is 13.5. The number of aliphatic hydroxyl groups is 1. The predicted octanol–water partition coefficient (Wildman–Crippen LogP) is 4.14. The average molecular weight is 445 g/mol. The van der Waals surface area contributed by atoms with E-state index in [1.807, 2.05) is 24.3 Å². The van der Waals surface area contributed by atoms with Crippen molar-refractivity contribution in [2.24, 2.45) is 5.92 Å². The Morgan fingerprint density at radius 3 is 2.70 bits per heavy atom. The van der Waals surface area contributed by atoms with Gasteiger partial charge in [0.2, 0.25) is 0 Å². The van der Waals surface area contributed by atoms with E-state index >= 15 is 0 Å². The topological polar surface area (TPSA) is 54.8 Å². The number of hydrogen-bond donors (Lipinski definition) is 1. The Kier molecular flexibility index (Phi) is 4.89. The Bertz CT molecular complexity index is 1210. The quantitative estimate of drug-likeness (QED) is 0.641. The fraction of sp³-hybridized carbons (Fsp3) is 0.464. The number of benzene rings is 2. The van der Waals surface area contributed by atoms with E-state index in [9.17, 15) is 5.11 Å². The third-order valence-corrected chi connectivity index (χ3v) is 8.23. The predicted molar refractivity (Wildman–Crippen MR) is 129 cm³/mol. The zero-order valence-corrected chi connectivity index (χ0v) is 19.5. The van der Waals surface area contributed by atoms with Gasteiger partial charge in [-0.25, -0.2) is 0 Å². The monoisotopic (exact) mass is 444 g/mol. The lowest BCUT2D eigenvalue weighted by Crippen LogP contribution is -2.66. The molecule has 3 aromatic rings. The summed E-state index contributed by atoms with van der Waals surface area (Å²) in [5.74, 6) is 2.48. The van der Waals surface area contributed by atoms with E-state index in [0.717, 1.165) is 71.1 Å². The Hall–Kier alpha value is -2.63. The molecule has 33 heavy (non-hydrogen) atoms. The van der Waals surface area contributed by atoms with Crippen LogP contribution in [0.3, 0.4) is 0 Å². The van der Waals surface area contributed by atoms with Crippen LogP contribution >= 0.6 is 0 Å². The van der Waals surface area contributed by atoms with Gasteiger partial charge in [0.1, 0.15) is 11.5 Å². The van der Waals surface area contributed by atoms with Gasteiger partial charge in [-0.05, 0) is 73.2 Å². The van der Waals surface area contributed by atoms with Crippen LogP contribution < -0.4 is 9.47 Å². The van der Waals surface area contributed by atoms with Crippen molar-refractivity contribution in [3.8, 4) is 11.5 Å². The highest BCUT2D eigenvalue weighted by Crippen LogP contribution is 2.51. The molecule has 0 amide bonds. The van der Waals surface area contributed by atoms with Crippen molar-refractivity contribution >= 4 is 10.9 Å².